The van der Waals surface area contributed by atoms with Crippen molar-refractivity contribution in [3.8, 4) is 17.2 Å². The van der Waals surface area contributed by atoms with Crippen molar-refractivity contribution >= 4 is 23.4 Å². The minimum atomic E-state index is -0.589. The quantitative estimate of drug-likeness (QED) is 0.160. The van der Waals surface area contributed by atoms with E-state index in [1.807, 2.05) is 43.5 Å². The molecule has 0 saturated carbocycles. The van der Waals surface area contributed by atoms with Gasteiger partial charge in [0.15, 0.2) is 16.7 Å². The first-order valence-electron chi connectivity index (χ1n) is 10.1. The second kappa shape index (κ2) is 10.7. The van der Waals surface area contributed by atoms with Crippen molar-refractivity contribution in [2.75, 3.05) is 20.3 Å². The van der Waals surface area contributed by atoms with Gasteiger partial charge in [-0.25, -0.2) is 0 Å². The van der Waals surface area contributed by atoms with Crippen LogP contribution < -0.4 is 9.47 Å². The summed E-state index contributed by atoms with van der Waals surface area (Å²) in [4.78, 5) is 11.2. The third-order valence-corrected chi connectivity index (χ3v) is 6.54. The average molecular weight is 489 g/mol. The number of hydrogen-bond donors (Lipinski definition) is 0. The second-order valence-corrected chi connectivity index (χ2v) is 8.97. The number of ether oxygens (including phenoxy) is 2. The Balaban J connectivity index is 2.03. The molecule has 1 aromatic heterocycles. The number of hydrogen-bond acceptors (Lipinski definition) is 7. The molecule has 1 atom stereocenters. The topological polar surface area (TPSA) is 92.3 Å². The van der Waals surface area contributed by atoms with Gasteiger partial charge in [0.1, 0.15) is 17.7 Å². The molecule has 0 aliphatic heterocycles. The lowest BCUT2D eigenvalue weighted by Gasteiger charge is -2.18. The molecule has 0 fully saturated rings. The molecular weight excluding hydrogens is 464 g/mol. The fraction of sp³-hybridized carbons (Fsp3) is 0.304. The minimum Gasteiger partial charge on any atom is -0.493 e. The van der Waals surface area contributed by atoms with Gasteiger partial charge in [-0.1, -0.05) is 42.1 Å². The van der Waals surface area contributed by atoms with Crippen LogP contribution in [0.3, 0.4) is 0 Å². The van der Waals surface area contributed by atoms with E-state index in [0.29, 0.717) is 33.1 Å². The summed E-state index contributed by atoms with van der Waals surface area (Å²) in [5.74, 6) is 1.44. The van der Waals surface area contributed by atoms with E-state index in [1.165, 1.54) is 24.4 Å². The molecule has 0 amide bonds. The second-order valence-electron chi connectivity index (χ2n) is 7.39. The Morgan fingerprint density at radius 2 is 2.00 bits per heavy atom. The molecule has 8 nitrogen and oxygen atoms in total. The number of nitrogens with zero attached hydrogens (tertiary/aromatic N) is 4. The average Bonchev–Trinajstić information content (AvgIpc) is 3.13. The number of methoxy groups -OCH3 is 1. The molecule has 0 radical (unpaired) electrons. The predicted molar refractivity (Wildman–Crippen MR) is 130 cm³/mol. The maximum absolute atomic E-state index is 11.5. The fourth-order valence-corrected chi connectivity index (χ4v) is 4.69. The van der Waals surface area contributed by atoms with Crippen LogP contribution in [-0.4, -0.2) is 39.9 Å². The van der Waals surface area contributed by atoms with Crippen molar-refractivity contribution < 1.29 is 14.4 Å². The molecule has 174 valence electrons. The number of aryl methyl sites for hydroxylation is 3. The van der Waals surface area contributed by atoms with Crippen LogP contribution in [0.1, 0.15) is 27.8 Å². The van der Waals surface area contributed by atoms with Gasteiger partial charge >= 0.3 is 0 Å². The predicted octanol–water partition coefficient (Wildman–Crippen LogP) is 5.53. The van der Waals surface area contributed by atoms with E-state index < -0.39 is 5.25 Å². The zero-order valence-electron chi connectivity index (χ0n) is 18.9. The monoisotopic (exact) mass is 488 g/mol. The summed E-state index contributed by atoms with van der Waals surface area (Å²) in [6.45, 7) is 9.47. The molecule has 33 heavy (non-hydrogen) atoms. The van der Waals surface area contributed by atoms with Gasteiger partial charge < -0.3 is 9.47 Å². The van der Waals surface area contributed by atoms with Crippen LogP contribution in [-0.2, 0) is 0 Å². The molecule has 0 bridgehead atoms. The molecule has 0 aliphatic carbocycles. The molecule has 1 heterocycles. The Labute approximate surface area is 201 Å². The van der Waals surface area contributed by atoms with E-state index in [1.54, 1.807) is 18.2 Å². The molecular formula is C23H25ClN4O4S. The summed E-state index contributed by atoms with van der Waals surface area (Å²) in [6.07, 6.45) is 1.59. The van der Waals surface area contributed by atoms with Gasteiger partial charge in [0, 0.05) is 10.6 Å². The van der Waals surface area contributed by atoms with Gasteiger partial charge in [-0.2, -0.15) is 0 Å². The van der Waals surface area contributed by atoms with Crippen molar-refractivity contribution in [2.24, 2.45) is 0 Å². The van der Waals surface area contributed by atoms with Gasteiger partial charge in [0.05, 0.1) is 12.1 Å². The van der Waals surface area contributed by atoms with Gasteiger partial charge in [-0.3, -0.25) is 14.7 Å². The summed E-state index contributed by atoms with van der Waals surface area (Å²) in [6, 6.07) is 9.42. The van der Waals surface area contributed by atoms with E-state index in [-0.39, 0.29) is 18.1 Å². The highest BCUT2D eigenvalue weighted by Gasteiger charge is 2.26. The lowest BCUT2D eigenvalue weighted by atomic mass is 10.1. The Kier molecular flexibility index (Phi) is 7.99. The zero-order valence-corrected chi connectivity index (χ0v) is 20.4. The molecule has 2 aromatic carbocycles. The van der Waals surface area contributed by atoms with Crippen molar-refractivity contribution in [1.82, 2.24) is 14.8 Å². The number of rotatable bonds is 10. The third-order valence-electron chi connectivity index (χ3n) is 5.08. The van der Waals surface area contributed by atoms with E-state index in [2.05, 4.69) is 16.8 Å². The number of nitro groups is 1. The Morgan fingerprint density at radius 3 is 2.64 bits per heavy atom. The molecule has 0 N–H and O–H groups in total. The van der Waals surface area contributed by atoms with Crippen LogP contribution in [0.25, 0.3) is 5.69 Å². The van der Waals surface area contributed by atoms with Gasteiger partial charge in [0.25, 0.3) is 0 Å². The first-order valence-corrected chi connectivity index (χ1v) is 11.4. The standard InChI is InChI=1S/C23H25ClN4O4S/c1-6-9-32-22-19(24)11-17(12-20(22)31-5)21(13-27(29)30)33-23-26-25-16(4)28(23)18-8-7-14(2)15(3)10-18/h6-8,10-12,21H,1,9,13H2,2-5H3/t21-/m1/s1. The molecule has 3 rings (SSSR count). The highest BCUT2D eigenvalue weighted by molar-refractivity contribution is 7.99. The van der Waals surface area contributed by atoms with E-state index in [9.17, 15) is 10.1 Å². The summed E-state index contributed by atoms with van der Waals surface area (Å²) in [7, 11) is 1.49. The Hall–Kier alpha value is -3.04. The van der Waals surface area contributed by atoms with Crippen LogP contribution in [0.2, 0.25) is 5.02 Å². The van der Waals surface area contributed by atoms with Crippen LogP contribution >= 0.6 is 23.4 Å². The van der Waals surface area contributed by atoms with Crippen LogP contribution in [0.4, 0.5) is 0 Å². The number of benzene rings is 2. The smallest absolute Gasteiger partial charge is 0.220 e. The van der Waals surface area contributed by atoms with Crippen LogP contribution in [0.5, 0.6) is 11.5 Å². The summed E-state index contributed by atoms with van der Waals surface area (Å²) in [5, 5.41) is 20.3. The Bertz CT molecular complexity index is 1180. The highest BCUT2D eigenvalue weighted by atomic mass is 35.5. The number of aromatic nitrogens is 3. The molecule has 0 unspecified atom stereocenters. The van der Waals surface area contributed by atoms with Gasteiger partial charge in [-0.15, -0.1) is 10.2 Å². The van der Waals surface area contributed by atoms with Gasteiger partial charge in [-0.05, 0) is 61.7 Å². The Morgan fingerprint density at radius 1 is 1.24 bits per heavy atom. The number of halogens is 1. The SMILES string of the molecule is C=CCOc1c(Cl)cc([C@@H](C[N+](=O)[O-])Sc2nnc(C)n2-c2ccc(C)c(C)c2)cc1OC. The maximum atomic E-state index is 11.5. The zero-order chi connectivity index (χ0) is 24.1. The largest absolute Gasteiger partial charge is 0.493 e. The fourth-order valence-electron chi connectivity index (χ4n) is 3.26. The van der Waals surface area contributed by atoms with Crippen molar-refractivity contribution in [1.29, 1.82) is 0 Å². The summed E-state index contributed by atoms with van der Waals surface area (Å²) in [5.41, 5.74) is 3.82. The van der Waals surface area contributed by atoms with E-state index in [0.717, 1.165) is 11.3 Å². The maximum Gasteiger partial charge on any atom is 0.220 e. The van der Waals surface area contributed by atoms with E-state index in [4.69, 9.17) is 21.1 Å². The highest BCUT2D eigenvalue weighted by Crippen LogP contribution is 2.43. The first-order chi connectivity index (χ1) is 15.7. The lowest BCUT2D eigenvalue weighted by Crippen LogP contribution is -2.12. The number of thioether (sulfide) groups is 1. The van der Waals surface area contributed by atoms with Crippen molar-refractivity contribution in [3.05, 3.63) is 80.6 Å². The molecule has 0 spiro atoms. The molecule has 0 aliphatic rings. The summed E-state index contributed by atoms with van der Waals surface area (Å²) < 4.78 is 12.9. The molecule has 0 saturated heterocycles. The van der Waals surface area contributed by atoms with Crippen LogP contribution in [0.15, 0.2) is 48.1 Å². The van der Waals surface area contributed by atoms with Crippen molar-refractivity contribution in [2.45, 2.75) is 31.2 Å². The minimum absolute atomic E-state index is 0.251. The first kappa shape index (κ1) is 24.6. The van der Waals surface area contributed by atoms with Crippen LogP contribution in [0, 0.1) is 30.9 Å². The van der Waals surface area contributed by atoms with Crippen molar-refractivity contribution in [3.63, 3.8) is 0 Å². The van der Waals surface area contributed by atoms with E-state index >= 15 is 0 Å². The molecule has 10 heteroatoms. The molecule has 3 aromatic rings. The van der Waals surface area contributed by atoms with Gasteiger partial charge in [0.2, 0.25) is 6.54 Å². The lowest BCUT2D eigenvalue weighted by molar-refractivity contribution is -0.479. The normalized spacial score (nSPS) is 11.8. The summed E-state index contributed by atoms with van der Waals surface area (Å²) >= 11 is 7.70. The third kappa shape index (κ3) is 5.66.